The number of nitrogens with one attached hydrogen (secondary N) is 1. The lowest BCUT2D eigenvalue weighted by molar-refractivity contribution is 0.475. The number of aromatic nitrogens is 1. The summed E-state index contributed by atoms with van der Waals surface area (Å²) in [6.45, 7) is 0.320. The summed E-state index contributed by atoms with van der Waals surface area (Å²) < 4.78 is 26.9. The summed E-state index contributed by atoms with van der Waals surface area (Å²) in [7, 11) is -3.62. The molecule has 4 N–H and O–H groups in total. The molecule has 0 aliphatic heterocycles. The Morgan fingerprint density at radius 3 is 2.57 bits per heavy atom. The normalized spacial score (nSPS) is 11.5. The Hall–Kier alpha value is -1.96. The van der Waals surface area contributed by atoms with Gasteiger partial charge in [-0.25, -0.2) is 13.1 Å². The molecule has 2 rings (SSSR count). The maximum Gasteiger partial charge on any atom is 0.242 e. The second kappa shape index (κ2) is 6.66. The van der Waals surface area contributed by atoms with E-state index in [1.807, 2.05) is 0 Å². The van der Waals surface area contributed by atoms with E-state index in [-0.39, 0.29) is 23.7 Å². The number of hydrogen-bond donors (Lipinski definition) is 3. The van der Waals surface area contributed by atoms with Crippen LogP contribution >= 0.6 is 0 Å². The first kappa shape index (κ1) is 15.4. The highest BCUT2D eigenvalue weighted by molar-refractivity contribution is 7.89. The SMILES string of the molecule is NCc1ncccc1S(=O)(=O)NCCc1ccc(O)cc1. The molecule has 2 aromatic rings. The van der Waals surface area contributed by atoms with E-state index >= 15 is 0 Å². The molecular weight excluding hydrogens is 290 g/mol. The number of sulfonamides is 1. The zero-order valence-corrected chi connectivity index (χ0v) is 12.2. The Morgan fingerprint density at radius 2 is 1.90 bits per heavy atom. The fourth-order valence-electron chi connectivity index (χ4n) is 1.89. The van der Waals surface area contributed by atoms with Gasteiger partial charge in [0.05, 0.1) is 5.69 Å². The van der Waals surface area contributed by atoms with E-state index in [9.17, 15) is 13.5 Å². The molecule has 0 spiro atoms. The lowest BCUT2D eigenvalue weighted by Crippen LogP contribution is -2.27. The number of pyridine rings is 1. The van der Waals surface area contributed by atoms with Crippen LogP contribution in [-0.2, 0) is 23.0 Å². The Balaban J connectivity index is 2.03. The topological polar surface area (TPSA) is 105 Å². The van der Waals surface area contributed by atoms with E-state index in [0.717, 1.165) is 5.56 Å². The van der Waals surface area contributed by atoms with Gasteiger partial charge in [-0.2, -0.15) is 0 Å². The Labute approximate surface area is 123 Å². The van der Waals surface area contributed by atoms with Gasteiger partial charge in [0.1, 0.15) is 10.6 Å². The van der Waals surface area contributed by atoms with Crippen molar-refractivity contribution in [1.29, 1.82) is 0 Å². The second-order valence-electron chi connectivity index (χ2n) is 4.47. The smallest absolute Gasteiger partial charge is 0.242 e. The molecule has 0 aliphatic carbocycles. The van der Waals surface area contributed by atoms with Crippen LogP contribution in [0.5, 0.6) is 5.75 Å². The van der Waals surface area contributed by atoms with Crippen molar-refractivity contribution in [2.45, 2.75) is 17.9 Å². The number of phenolic OH excluding ortho intramolecular Hbond substituents is 1. The molecule has 7 heteroatoms. The van der Waals surface area contributed by atoms with Gasteiger partial charge in [-0.3, -0.25) is 4.98 Å². The molecule has 0 aliphatic rings. The van der Waals surface area contributed by atoms with Crippen LogP contribution in [0.3, 0.4) is 0 Å². The molecule has 0 unspecified atom stereocenters. The van der Waals surface area contributed by atoms with Gasteiger partial charge < -0.3 is 10.8 Å². The van der Waals surface area contributed by atoms with E-state index in [2.05, 4.69) is 9.71 Å². The van der Waals surface area contributed by atoms with Crippen molar-refractivity contribution in [2.75, 3.05) is 6.54 Å². The van der Waals surface area contributed by atoms with Gasteiger partial charge in [-0.05, 0) is 36.2 Å². The van der Waals surface area contributed by atoms with Crippen LogP contribution in [0.4, 0.5) is 0 Å². The highest BCUT2D eigenvalue weighted by Crippen LogP contribution is 2.13. The Morgan fingerprint density at radius 1 is 1.19 bits per heavy atom. The van der Waals surface area contributed by atoms with Crippen LogP contribution in [-0.4, -0.2) is 25.1 Å². The highest BCUT2D eigenvalue weighted by Gasteiger charge is 2.17. The van der Waals surface area contributed by atoms with E-state index < -0.39 is 10.0 Å². The number of benzene rings is 1. The number of aromatic hydroxyl groups is 1. The minimum Gasteiger partial charge on any atom is -0.508 e. The number of nitrogens with zero attached hydrogens (tertiary/aromatic N) is 1. The number of nitrogens with two attached hydrogens (primary N) is 1. The average Bonchev–Trinajstić information content (AvgIpc) is 2.49. The largest absolute Gasteiger partial charge is 0.508 e. The minimum atomic E-state index is -3.62. The third-order valence-electron chi connectivity index (χ3n) is 2.97. The quantitative estimate of drug-likeness (QED) is 0.731. The molecular formula is C14H17N3O3S. The van der Waals surface area contributed by atoms with Crippen LogP contribution in [0.15, 0.2) is 47.5 Å². The van der Waals surface area contributed by atoms with Gasteiger partial charge >= 0.3 is 0 Å². The molecule has 0 bridgehead atoms. The molecule has 21 heavy (non-hydrogen) atoms. The van der Waals surface area contributed by atoms with Gasteiger partial charge in [0.25, 0.3) is 0 Å². The van der Waals surface area contributed by atoms with Crippen molar-refractivity contribution in [3.8, 4) is 5.75 Å². The maximum atomic E-state index is 12.2. The summed E-state index contributed by atoms with van der Waals surface area (Å²) in [6, 6.07) is 9.68. The molecule has 1 aromatic carbocycles. The summed E-state index contributed by atoms with van der Waals surface area (Å²) >= 11 is 0. The molecule has 0 saturated heterocycles. The first-order valence-corrected chi connectivity index (χ1v) is 7.93. The van der Waals surface area contributed by atoms with E-state index in [1.165, 1.54) is 12.3 Å². The van der Waals surface area contributed by atoms with Crippen molar-refractivity contribution < 1.29 is 13.5 Å². The van der Waals surface area contributed by atoms with Crippen molar-refractivity contribution in [3.05, 3.63) is 53.9 Å². The molecule has 0 fully saturated rings. The van der Waals surface area contributed by atoms with Crippen LogP contribution in [0.1, 0.15) is 11.3 Å². The molecule has 1 aromatic heterocycles. The minimum absolute atomic E-state index is 0.0645. The second-order valence-corrected chi connectivity index (χ2v) is 6.20. The van der Waals surface area contributed by atoms with Gasteiger partial charge in [0.15, 0.2) is 0 Å². The summed E-state index contributed by atoms with van der Waals surface area (Å²) in [4.78, 5) is 4.08. The summed E-state index contributed by atoms with van der Waals surface area (Å²) in [6.07, 6.45) is 2.04. The first-order valence-electron chi connectivity index (χ1n) is 6.44. The Bertz CT molecular complexity index is 700. The molecule has 6 nitrogen and oxygen atoms in total. The monoisotopic (exact) mass is 307 g/mol. The maximum absolute atomic E-state index is 12.2. The molecule has 1 heterocycles. The van der Waals surface area contributed by atoms with Crippen LogP contribution in [0.25, 0.3) is 0 Å². The lowest BCUT2D eigenvalue weighted by atomic mass is 10.1. The predicted octanol–water partition coefficient (Wildman–Crippen LogP) is 0.767. The fraction of sp³-hybridized carbons (Fsp3) is 0.214. The highest BCUT2D eigenvalue weighted by atomic mass is 32.2. The third-order valence-corrected chi connectivity index (χ3v) is 4.51. The summed E-state index contributed by atoms with van der Waals surface area (Å²) in [5.41, 5.74) is 6.78. The number of hydrogen-bond acceptors (Lipinski definition) is 5. The van der Waals surface area contributed by atoms with Crippen molar-refractivity contribution >= 4 is 10.0 Å². The molecule has 112 valence electrons. The fourth-order valence-corrected chi connectivity index (χ4v) is 3.12. The summed E-state index contributed by atoms with van der Waals surface area (Å²) in [5.74, 6) is 0.183. The van der Waals surface area contributed by atoms with Crippen LogP contribution in [0, 0.1) is 0 Å². The molecule has 0 amide bonds. The predicted molar refractivity (Wildman–Crippen MR) is 79.1 cm³/mol. The molecule has 0 radical (unpaired) electrons. The van der Waals surface area contributed by atoms with Gasteiger partial charge in [0.2, 0.25) is 10.0 Å². The Kier molecular flexibility index (Phi) is 4.89. The van der Waals surface area contributed by atoms with Crippen LogP contribution < -0.4 is 10.5 Å². The third kappa shape index (κ3) is 4.01. The van der Waals surface area contributed by atoms with E-state index in [0.29, 0.717) is 12.1 Å². The van der Waals surface area contributed by atoms with Gasteiger partial charge in [0, 0.05) is 19.3 Å². The average molecular weight is 307 g/mol. The van der Waals surface area contributed by atoms with Gasteiger partial charge in [-0.15, -0.1) is 0 Å². The first-order chi connectivity index (χ1) is 10.0. The van der Waals surface area contributed by atoms with Crippen molar-refractivity contribution in [2.24, 2.45) is 5.73 Å². The number of rotatable bonds is 6. The number of phenols is 1. The van der Waals surface area contributed by atoms with E-state index in [4.69, 9.17) is 5.73 Å². The summed E-state index contributed by atoms with van der Waals surface area (Å²) in [5, 5.41) is 9.19. The standard InChI is InChI=1S/C14H17N3O3S/c15-10-13-14(2-1-8-16-13)21(19,20)17-9-7-11-3-5-12(18)6-4-11/h1-6,8,17-18H,7,9-10,15H2. The van der Waals surface area contributed by atoms with Crippen molar-refractivity contribution in [1.82, 2.24) is 9.71 Å². The zero-order chi connectivity index (χ0) is 15.3. The molecule has 0 saturated carbocycles. The van der Waals surface area contributed by atoms with Crippen molar-refractivity contribution in [3.63, 3.8) is 0 Å². The van der Waals surface area contributed by atoms with Crippen LogP contribution in [0.2, 0.25) is 0 Å². The lowest BCUT2D eigenvalue weighted by Gasteiger charge is -2.09. The van der Waals surface area contributed by atoms with E-state index in [1.54, 1.807) is 30.3 Å². The van der Waals surface area contributed by atoms with Gasteiger partial charge in [-0.1, -0.05) is 12.1 Å². The zero-order valence-electron chi connectivity index (χ0n) is 11.4. The molecule has 0 atom stereocenters.